The van der Waals surface area contributed by atoms with Gasteiger partial charge in [-0.25, -0.2) is 4.98 Å². The lowest BCUT2D eigenvalue weighted by Gasteiger charge is -2.06. The van der Waals surface area contributed by atoms with Crippen molar-refractivity contribution in [3.63, 3.8) is 0 Å². The highest BCUT2D eigenvalue weighted by molar-refractivity contribution is 8.15. The molecule has 0 saturated heterocycles. The molecule has 1 aliphatic heterocycles. The number of benzene rings is 1. The van der Waals surface area contributed by atoms with Gasteiger partial charge in [0.2, 0.25) is 0 Å². The van der Waals surface area contributed by atoms with E-state index in [0.29, 0.717) is 6.61 Å². The van der Waals surface area contributed by atoms with E-state index < -0.39 is 0 Å². The monoisotopic (exact) mass is 301 g/mol. The van der Waals surface area contributed by atoms with Gasteiger partial charge in [-0.1, -0.05) is 18.2 Å². The van der Waals surface area contributed by atoms with Gasteiger partial charge in [0.05, 0.1) is 12.0 Å². The minimum absolute atomic E-state index is 0.0168. The zero-order chi connectivity index (χ0) is 14.8. The molecular formula is C15H15N3O2S. The molecule has 1 aromatic heterocycles. The molecule has 1 unspecified atom stereocenters. The lowest BCUT2D eigenvalue weighted by Crippen LogP contribution is -2.39. The van der Waals surface area contributed by atoms with E-state index >= 15 is 0 Å². The molecule has 2 heterocycles. The van der Waals surface area contributed by atoms with Crippen molar-refractivity contribution in [3.05, 3.63) is 46.5 Å². The molecule has 0 saturated carbocycles. The number of hydrogen-bond donors (Lipinski definition) is 3. The third-order valence-electron chi connectivity index (χ3n) is 3.01. The summed E-state index contributed by atoms with van der Waals surface area (Å²) >= 11 is 0. The van der Waals surface area contributed by atoms with Gasteiger partial charge < -0.3 is 14.8 Å². The number of ether oxygens (including phenoxy) is 1. The summed E-state index contributed by atoms with van der Waals surface area (Å²) in [4.78, 5) is 8.53. The predicted octanol–water partition coefficient (Wildman–Crippen LogP) is 0.833. The van der Waals surface area contributed by atoms with Gasteiger partial charge in [-0.3, -0.25) is 5.41 Å². The highest BCUT2D eigenvalue weighted by Gasteiger charge is 2.12. The van der Waals surface area contributed by atoms with Gasteiger partial charge in [-0.15, -0.1) is 10.5 Å². The minimum Gasteiger partial charge on any atom is -0.479 e. The van der Waals surface area contributed by atoms with Gasteiger partial charge in [0.1, 0.15) is 5.03 Å². The quantitative estimate of drug-likeness (QED) is 0.735. The summed E-state index contributed by atoms with van der Waals surface area (Å²) < 4.78 is 5.04. The topological polar surface area (TPSA) is 82.0 Å². The molecule has 0 aliphatic carbocycles. The maximum absolute atomic E-state index is 9.80. The van der Waals surface area contributed by atoms with Crippen LogP contribution in [0, 0.1) is 5.41 Å². The van der Waals surface area contributed by atoms with Crippen molar-refractivity contribution in [2.45, 2.75) is 16.8 Å². The summed E-state index contributed by atoms with van der Waals surface area (Å²) in [6, 6.07) is 10.0. The smallest absolute Gasteiger partial charge is 0.305 e. The Kier molecular flexibility index (Phi) is 3.62. The standard InChI is InChI=1S/C15H15N3O2S/c1-2-20-15(19)12-13(16)18-14-11(17-12)8-9-21(14)10-6-4-3-5-7-10/h3-9,16-17,19H,2H2,1H3. The van der Waals surface area contributed by atoms with E-state index in [1.54, 1.807) is 6.92 Å². The van der Waals surface area contributed by atoms with E-state index in [4.69, 9.17) is 10.1 Å². The highest BCUT2D eigenvalue weighted by Crippen LogP contribution is 2.32. The van der Waals surface area contributed by atoms with Gasteiger partial charge in [0.15, 0.2) is 10.8 Å². The SMILES string of the molecule is CCOC(O)=c1[nH]c2c(nc1=N)S(c1ccccc1)=CC=2. The number of nitrogens with zero attached hydrogens (tertiary/aromatic N) is 1. The normalized spacial score (nSPS) is 17.5. The molecule has 1 atom stereocenters. The zero-order valence-electron chi connectivity index (χ0n) is 11.5. The van der Waals surface area contributed by atoms with Crippen LogP contribution in [0.15, 0.2) is 40.3 Å². The van der Waals surface area contributed by atoms with Gasteiger partial charge in [-0.05, 0) is 30.5 Å². The number of rotatable bonds is 3. The number of aliphatic hydroxyl groups is 1. The first-order valence-electron chi connectivity index (χ1n) is 6.55. The van der Waals surface area contributed by atoms with E-state index in [-0.39, 0.29) is 27.3 Å². The van der Waals surface area contributed by atoms with Crippen molar-refractivity contribution >= 4 is 27.9 Å². The van der Waals surface area contributed by atoms with Crippen molar-refractivity contribution in [3.8, 4) is 0 Å². The Morgan fingerprint density at radius 1 is 1.38 bits per heavy atom. The van der Waals surface area contributed by atoms with Crippen LogP contribution in [0.5, 0.6) is 0 Å². The van der Waals surface area contributed by atoms with Gasteiger partial charge >= 0.3 is 5.95 Å². The van der Waals surface area contributed by atoms with E-state index in [0.717, 1.165) is 15.3 Å². The maximum Gasteiger partial charge on any atom is 0.305 e. The van der Waals surface area contributed by atoms with E-state index in [2.05, 4.69) is 15.3 Å². The average molecular weight is 301 g/mol. The van der Waals surface area contributed by atoms with Gasteiger partial charge in [-0.2, -0.15) is 0 Å². The first-order chi connectivity index (χ1) is 10.2. The van der Waals surface area contributed by atoms with Crippen LogP contribution in [0.3, 0.4) is 0 Å². The summed E-state index contributed by atoms with van der Waals surface area (Å²) in [6.07, 6.45) is 1.93. The van der Waals surface area contributed by atoms with E-state index in [1.807, 2.05) is 36.4 Å². The lowest BCUT2D eigenvalue weighted by molar-refractivity contribution is 0.188. The Hall–Kier alpha value is -2.34. The minimum atomic E-state index is -0.294. The Bertz CT molecular complexity index is 885. The van der Waals surface area contributed by atoms with Crippen LogP contribution in [0.25, 0.3) is 12.0 Å². The number of aromatic nitrogens is 2. The molecule has 0 radical (unpaired) electrons. The summed E-state index contributed by atoms with van der Waals surface area (Å²) in [5.74, 6) is -0.294. The van der Waals surface area contributed by atoms with Crippen LogP contribution >= 0.6 is 10.5 Å². The summed E-state index contributed by atoms with van der Waals surface area (Å²) in [5.41, 5.74) is -0.0168. The van der Waals surface area contributed by atoms with Crippen molar-refractivity contribution in [2.24, 2.45) is 0 Å². The van der Waals surface area contributed by atoms with Crippen LogP contribution in [0.2, 0.25) is 0 Å². The molecule has 0 fully saturated rings. The van der Waals surface area contributed by atoms with Crippen LogP contribution in [-0.2, 0) is 4.74 Å². The van der Waals surface area contributed by atoms with Gasteiger partial charge in [0.25, 0.3) is 0 Å². The molecule has 2 aromatic rings. The maximum atomic E-state index is 9.80. The molecule has 3 N–H and O–H groups in total. The zero-order valence-corrected chi connectivity index (χ0v) is 12.3. The Morgan fingerprint density at radius 3 is 2.86 bits per heavy atom. The largest absolute Gasteiger partial charge is 0.479 e. The molecule has 0 bridgehead atoms. The van der Waals surface area contributed by atoms with Crippen LogP contribution in [0.4, 0.5) is 0 Å². The summed E-state index contributed by atoms with van der Waals surface area (Å²) in [7, 11) is -0.276. The Balaban J connectivity index is 2.15. The molecule has 5 nitrogen and oxygen atoms in total. The number of aliphatic hydroxyl groups excluding tert-OH is 1. The second-order valence-electron chi connectivity index (χ2n) is 4.37. The molecule has 108 valence electrons. The van der Waals surface area contributed by atoms with Crippen molar-refractivity contribution in [1.29, 1.82) is 5.41 Å². The fraction of sp³-hybridized carbons (Fsp3) is 0.133. The van der Waals surface area contributed by atoms with Crippen LogP contribution < -0.4 is 16.2 Å². The molecule has 3 rings (SSSR count). The third-order valence-corrected chi connectivity index (χ3v) is 4.93. The Labute approximate surface area is 123 Å². The molecule has 1 aliphatic rings. The Morgan fingerprint density at radius 2 is 2.14 bits per heavy atom. The van der Waals surface area contributed by atoms with Crippen molar-refractivity contribution in [2.75, 3.05) is 6.61 Å². The molecule has 0 spiro atoms. The third kappa shape index (κ3) is 2.50. The van der Waals surface area contributed by atoms with E-state index in [1.165, 1.54) is 0 Å². The fourth-order valence-corrected chi connectivity index (χ4v) is 3.84. The molecule has 21 heavy (non-hydrogen) atoms. The number of nitrogens with one attached hydrogen (secondary N) is 2. The number of aromatic amines is 1. The molecule has 1 aromatic carbocycles. The number of H-pyrrole nitrogens is 1. The average Bonchev–Trinajstić information content (AvgIpc) is 2.90. The molecule has 6 heteroatoms. The lowest BCUT2D eigenvalue weighted by atomic mass is 10.4. The first-order valence-corrected chi connectivity index (χ1v) is 7.84. The molecular weight excluding hydrogens is 286 g/mol. The predicted molar refractivity (Wildman–Crippen MR) is 82.4 cm³/mol. The second kappa shape index (κ2) is 5.57. The first kappa shape index (κ1) is 13.6. The second-order valence-corrected chi connectivity index (χ2v) is 6.18. The van der Waals surface area contributed by atoms with Crippen molar-refractivity contribution < 1.29 is 9.84 Å². The number of fused-ring (bicyclic) bond motifs is 1. The van der Waals surface area contributed by atoms with Gasteiger partial charge in [0, 0.05) is 4.90 Å². The highest BCUT2D eigenvalue weighted by atomic mass is 32.2. The van der Waals surface area contributed by atoms with Crippen LogP contribution in [-0.4, -0.2) is 27.0 Å². The molecule has 0 amide bonds. The van der Waals surface area contributed by atoms with Crippen molar-refractivity contribution in [1.82, 2.24) is 9.97 Å². The fourth-order valence-electron chi connectivity index (χ4n) is 2.07. The number of hydrogen-bond acceptors (Lipinski definition) is 4. The van der Waals surface area contributed by atoms with Crippen LogP contribution in [0.1, 0.15) is 6.92 Å². The van der Waals surface area contributed by atoms with E-state index in [9.17, 15) is 5.11 Å². The summed E-state index contributed by atoms with van der Waals surface area (Å²) in [6.45, 7) is 2.10. The summed E-state index contributed by atoms with van der Waals surface area (Å²) in [5, 5.41) is 21.7.